The number of carbonyl (C=O) groups is 1. The number of nitro groups is 1. The first-order chi connectivity index (χ1) is 8.91. The highest BCUT2D eigenvalue weighted by Gasteiger charge is 2.34. The highest BCUT2D eigenvalue weighted by molar-refractivity contribution is 5.93. The van der Waals surface area contributed by atoms with Gasteiger partial charge in [0, 0.05) is 12.6 Å². The lowest BCUT2D eigenvalue weighted by molar-refractivity contribution is -0.385. The number of rotatable bonds is 5. The zero-order valence-corrected chi connectivity index (χ0v) is 10.00. The number of aliphatic hydroxyl groups is 1. The Hall–Kier alpha value is -2.22. The molecule has 0 aromatic carbocycles. The molecule has 0 radical (unpaired) electrons. The molecule has 1 aliphatic rings. The van der Waals surface area contributed by atoms with E-state index in [-0.39, 0.29) is 23.6 Å². The van der Waals surface area contributed by atoms with Crippen LogP contribution in [-0.2, 0) is 0 Å². The van der Waals surface area contributed by atoms with Gasteiger partial charge < -0.3 is 15.5 Å². The number of aromatic nitrogens is 1. The normalized spacial score (nSPS) is 16.5. The summed E-state index contributed by atoms with van der Waals surface area (Å²) in [6.45, 7) is 0.179. The summed E-state index contributed by atoms with van der Waals surface area (Å²) in [5, 5.41) is 32.2. The second-order valence-corrected chi connectivity index (χ2v) is 4.58. The zero-order chi connectivity index (χ0) is 14.0. The molecule has 102 valence electrons. The topological polar surface area (TPSA) is 126 Å². The lowest BCUT2D eigenvalue weighted by Gasteiger charge is -2.36. The number of pyridine rings is 1. The summed E-state index contributed by atoms with van der Waals surface area (Å²) in [4.78, 5) is 24.6. The predicted octanol–water partition coefficient (Wildman–Crippen LogP) is 1.01. The standard InChI is InChI=1S/C11H13N3O5/c15-10(16)8-4-7(14(18)19)5-12-9(8)13-6-11(17)2-1-3-11/h4-5,17H,1-3,6H2,(H,12,13)(H,15,16). The first kappa shape index (κ1) is 13.2. The molecule has 0 spiro atoms. The first-order valence-corrected chi connectivity index (χ1v) is 5.75. The van der Waals surface area contributed by atoms with E-state index in [0.717, 1.165) is 18.7 Å². The maximum absolute atomic E-state index is 11.0. The Morgan fingerprint density at radius 2 is 2.26 bits per heavy atom. The average molecular weight is 267 g/mol. The molecule has 3 N–H and O–H groups in total. The van der Waals surface area contributed by atoms with Gasteiger partial charge in [0.15, 0.2) is 0 Å². The van der Waals surface area contributed by atoms with Gasteiger partial charge in [0.1, 0.15) is 17.6 Å². The van der Waals surface area contributed by atoms with Gasteiger partial charge in [-0.3, -0.25) is 10.1 Å². The van der Waals surface area contributed by atoms with Crippen LogP contribution in [0.1, 0.15) is 29.6 Å². The minimum atomic E-state index is -1.31. The van der Waals surface area contributed by atoms with Gasteiger partial charge in [-0.05, 0) is 19.3 Å². The van der Waals surface area contributed by atoms with Crippen LogP contribution in [0.15, 0.2) is 12.3 Å². The monoisotopic (exact) mass is 267 g/mol. The molecule has 1 fully saturated rings. The van der Waals surface area contributed by atoms with Crippen LogP contribution < -0.4 is 5.32 Å². The van der Waals surface area contributed by atoms with Gasteiger partial charge in [0.05, 0.1) is 10.5 Å². The van der Waals surface area contributed by atoms with Gasteiger partial charge >= 0.3 is 5.97 Å². The van der Waals surface area contributed by atoms with Crippen LogP contribution in [0, 0.1) is 10.1 Å². The molecule has 1 aromatic heterocycles. The molecule has 0 aliphatic heterocycles. The number of hydrogen-bond acceptors (Lipinski definition) is 6. The lowest BCUT2D eigenvalue weighted by Crippen LogP contribution is -2.43. The number of nitrogens with one attached hydrogen (secondary N) is 1. The van der Waals surface area contributed by atoms with Gasteiger partial charge in [-0.2, -0.15) is 0 Å². The Morgan fingerprint density at radius 3 is 2.74 bits per heavy atom. The summed E-state index contributed by atoms with van der Waals surface area (Å²) >= 11 is 0. The third-order valence-corrected chi connectivity index (χ3v) is 3.18. The van der Waals surface area contributed by atoms with Gasteiger partial charge in [-0.1, -0.05) is 0 Å². The van der Waals surface area contributed by atoms with E-state index in [1.54, 1.807) is 0 Å². The quantitative estimate of drug-likeness (QED) is 0.537. The molecular formula is C11H13N3O5. The van der Waals surface area contributed by atoms with Crippen molar-refractivity contribution < 1.29 is 19.9 Å². The second kappa shape index (κ2) is 4.81. The van der Waals surface area contributed by atoms with Gasteiger partial charge in [0.2, 0.25) is 0 Å². The van der Waals surface area contributed by atoms with Crippen LogP contribution in [0.4, 0.5) is 11.5 Å². The Bertz CT molecular complexity index is 527. The number of carboxylic acids is 1. The second-order valence-electron chi connectivity index (χ2n) is 4.58. The van der Waals surface area contributed by atoms with Crippen LogP contribution in [-0.4, -0.2) is 38.2 Å². The maximum Gasteiger partial charge on any atom is 0.339 e. The molecule has 1 heterocycles. The van der Waals surface area contributed by atoms with Crippen molar-refractivity contribution in [1.29, 1.82) is 0 Å². The molecule has 1 aliphatic carbocycles. The van der Waals surface area contributed by atoms with Crippen molar-refractivity contribution in [3.63, 3.8) is 0 Å². The molecule has 1 aromatic rings. The van der Waals surface area contributed by atoms with Crippen molar-refractivity contribution in [2.24, 2.45) is 0 Å². The fourth-order valence-corrected chi connectivity index (χ4v) is 1.87. The fraction of sp³-hybridized carbons (Fsp3) is 0.455. The van der Waals surface area contributed by atoms with E-state index < -0.39 is 16.5 Å². The molecule has 0 saturated heterocycles. The fourth-order valence-electron chi connectivity index (χ4n) is 1.87. The molecule has 1 saturated carbocycles. The number of anilines is 1. The molecule has 8 nitrogen and oxygen atoms in total. The number of nitrogens with zero attached hydrogens (tertiary/aromatic N) is 2. The van der Waals surface area contributed by atoms with E-state index >= 15 is 0 Å². The Balaban J connectivity index is 2.19. The van der Waals surface area contributed by atoms with Crippen molar-refractivity contribution in [3.05, 3.63) is 27.9 Å². The van der Waals surface area contributed by atoms with Crippen molar-refractivity contribution >= 4 is 17.5 Å². The summed E-state index contributed by atoms with van der Waals surface area (Å²) in [6.07, 6.45) is 3.21. The van der Waals surface area contributed by atoms with Crippen molar-refractivity contribution in [2.75, 3.05) is 11.9 Å². The SMILES string of the molecule is O=C(O)c1cc([N+](=O)[O-])cnc1NCC1(O)CCC1. The molecular weight excluding hydrogens is 254 g/mol. The molecule has 0 bridgehead atoms. The lowest BCUT2D eigenvalue weighted by atomic mass is 9.80. The molecule has 0 unspecified atom stereocenters. The minimum absolute atomic E-state index is 0.0263. The smallest absolute Gasteiger partial charge is 0.339 e. The Labute approximate surface area is 108 Å². The maximum atomic E-state index is 11.0. The summed E-state index contributed by atoms with van der Waals surface area (Å²) in [5.41, 5.74) is -1.50. The van der Waals surface area contributed by atoms with Gasteiger partial charge in [-0.25, -0.2) is 9.78 Å². The summed E-state index contributed by atoms with van der Waals surface area (Å²) in [6, 6.07) is 0.947. The van der Waals surface area contributed by atoms with E-state index in [1.807, 2.05) is 0 Å². The zero-order valence-electron chi connectivity index (χ0n) is 10.00. The van der Waals surface area contributed by atoms with Crippen LogP contribution >= 0.6 is 0 Å². The molecule has 8 heteroatoms. The van der Waals surface area contributed by atoms with Crippen molar-refractivity contribution in [3.8, 4) is 0 Å². The van der Waals surface area contributed by atoms with Gasteiger partial charge in [0.25, 0.3) is 5.69 Å². The Morgan fingerprint density at radius 1 is 1.58 bits per heavy atom. The van der Waals surface area contributed by atoms with E-state index in [2.05, 4.69) is 10.3 Å². The highest BCUT2D eigenvalue weighted by atomic mass is 16.6. The summed E-state index contributed by atoms with van der Waals surface area (Å²) in [7, 11) is 0. The molecule has 0 atom stereocenters. The van der Waals surface area contributed by atoms with Crippen LogP contribution in [0.5, 0.6) is 0 Å². The summed E-state index contributed by atoms with van der Waals surface area (Å²) < 4.78 is 0. The molecule has 0 amide bonds. The molecule has 2 rings (SSSR count). The van der Waals surface area contributed by atoms with E-state index in [4.69, 9.17) is 5.11 Å². The number of hydrogen-bond donors (Lipinski definition) is 3. The molecule has 19 heavy (non-hydrogen) atoms. The van der Waals surface area contributed by atoms with Crippen LogP contribution in [0.3, 0.4) is 0 Å². The van der Waals surface area contributed by atoms with Crippen LogP contribution in [0.25, 0.3) is 0 Å². The van der Waals surface area contributed by atoms with Crippen molar-refractivity contribution in [1.82, 2.24) is 4.98 Å². The largest absolute Gasteiger partial charge is 0.478 e. The third-order valence-electron chi connectivity index (χ3n) is 3.18. The minimum Gasteiger partial charge on any atom is -0.478 e. The average Bonchev–Trinajstić information content (AvgIpc) is 2.33. The van der Waals surface area contributed by atoms with E-state index in [0.29, 0.717) is 12.8 Å². The third kappa shape index (κ3) is 2.79. The first-order valence-electron chi connectivity index (χ1n) is 5.75. The Kier molecular flexibility index (Phi) is 3.34. The predicted molar refractivity (Wildman–Crippen MR) is 65.1 cm³/mol. The number of carboxylic acid groups (broad SMARTS) is 1. The van der Waals surface area contributed by atoms with Crippen molar-refractivity contribution in [2.45, 2.75) is 24.9 Å². The number of aromatic carboxylic acids is 1. The van der Waals surface area contributed by atoms with Gasteiger partial charge in [-0.15, -0.1) is 0 Å². The van der Waals surface area contributed by atoms with E-state index in [9.17, 15) is 20.0 Å². The van der Waals surface area contributed by atoms with Crippen LogP contribution in [0.2, 0.25) is 0 Å². The highest BCUT2D eigenvalue weighted by Crippen LogP contribution is 2.32. The van der Waals surface area contributed by atoms with E-state index in [1.165, 1.54) is 0 Å². The summed E-state index contributed by atoms with van der Waals surface area (Å²) in [5.74, 6) is -1.28.